The fourth-order valence-electron chi connectivity index (χ4n) is 2.14. The second kappa shape index (κ2) is 6.03. The number of pyridine rings is 1. The summed E-state index contributed by atoms with van der Waals surface area (Å²) in [7, 11) is -1.87. The van der Waals surface area contributed by atoms with Crippen molar-refractivity contribution in [2.45, 2.75) is 18.7 Å². The van der Waals surface area contributed by atoms with E-state index in [0.717, 1.165) is 10.2 Å². The van der Waals surface area contributed by atoms with Crippen LogP contribution in [0.1, 0.15) is 11.1 Å². The fourth-order valence-corrected chi connectivity index (χ4v) is 3.84. The molecule has 2 N–H and O–H groups in total. The van der Waals surface area contributed by atoms with Crippen LogP contribution in [0.3, 0.4) is 0 Å². The van der Waals surface area contributed by atoms with Crippen LogP contribution >= 0.6 is 15.9 Å². The van der Waals surface area contributed by atoms with Gasteiger partial charge in [-0.15, -0.1) is 0 Å². The van der Waals surface area contributed by atoms with Crippen LogP contribution in [0.15, 0.2) is 39.8 Å². The van der Waals surface area contributed by atoms with Crippen molar-refractivity contribution in [2.75, 3.05) is 17.1 Å². The van der Waals surface area contributed by atoms with Crippen LogP contribution in [0.5, 0.6) is 0 Å². The number of aryl methyl sites for hydroxylation is 2. The van der Waals surface area contributed by atoms with Crippen molar-refractivity contribution in [3.63, 3.8) is 0 Å². The van der Waals surface area contributed by atoms with Gasteiger partial charge in [0.15, 0.2) is 0 Å². The van der Waals surface area contributed by atoms with Gasteiger partial charge in [-0.05, 0) is 65.2 Å². The molecule has 0 spiro atoms. The fraction of sp³-hybridized carbons (Fsp3) is 0.214. The van der Waals surface area contributed by atoms with Crippen molar-refractivity contribution in [3.05, 3.63) is 46.1 Å². The van der Waals surface area contributed by atoms with Gasteiger partial charge in [-0.3, -0.25) is 4.72 Å². The van der Waals surface area contributed by atoms with Crippen LogP contribution in [0, 0.1) is 13.8 Å². The number of nitrogens with zero attached hydrogens (tertiary/aromatic N) is 1. The van der Waals surface area contributed by atoms with Gasteiger partial charge in [-0.2, -0.15) is 0 Å². The number of aromatic nitrogens is 1. The molecule has 21 heavy (non-hydrogen) atoms. The molecule has 2 rings (SSSR count). The summed E-state index contributed by atoms with van der Waals surface area (Å²) in [5, 5.41) is 3.01. The predicted molar refractivity (Wildman–Crippen MR) is 88.2 cm³/mol. The second-order valence-corrected chi connectivity index (χ2v) is 7.19. The molecule has 0 saturated heterocycles. The van der Waals surface area contributed by atoms with Gasteiger partial charge in [-0.25, -0.2) is 13.4 Å². The third-order valence-electron chi connectivity index (χ3n) is 2.98. The van der Waals surface area contributed by atoms with Crippen molar-refractivity contribution in [1.82, 2.24) is 4.98 Å². The molecule has 0 aliphatic heterocycles. The van der Waals surface area contributed by atoms with Gasteiger partial charge < -0.3 is 5.32 Å². The Labute approximate surface area is 133 Å². The summed E-state index contributed by atoms with van der Waals surface area (Å²) in [6.07, 6.45) is 1.54. The SMILES string of the molecule is CNc1cc(C)c(S(=O)(=O)Nc2ccc(Br)cn2)c(C)c1. The van der Waals surface area contributed by atoms with E-state index in [9.17, 15) is 8.42 Å². The standard InChI is InChI=1S/C14H16BrN3O2S/c1-9-6-12(16-3)7-10(2)14(9)21(19,20)18-13-5-4-11(15)8-17-13/h4-8,16H,1-3H3,(H,17,18). The average molecular weight is 370 g/mol. The number of halogens is 1. The van der Waals surface area contributed by atoms with E-state index in [4.69, 9.17) is 0 Å². The Morgan fingerprint density at radius 3 is 2.24 bits per heavy atom. The maximum atomic E-state index is 12.5. The van der Waals surface area contributed by atoms with Gasteiger partial charge in [0, 0.05) is 23.4 Å². The van der Waals surface area contributed by atoms with Crippen LogP contribution in [0.2, 0.25) is 0 Å². The van der Waals surface area contributed by atoms with Crippen molar-refractivity contribution < 1.29 is 8.42 Å². The van der Waals surface area contributed by atoms with Gasteiger partial charge >= 0.3 is 0 Å². The minimum atomic E-state index is -3.67. The summed E-state index contributed by atoms with van der Waals surface area (Å²) in [6.45, 7) is 3.55. The number of anilines is 2. The van der Waals surface area contributed by atoms with E-state index < -0.39 is 10.0 Å². The molecule has 7 heteroatoms. The summed E-state index contributed by atoms with van der Waals surface area (Å²) >= 11 is 3.26. The third kappa shape index (κ3) is 3.54. The number of benzene rings is 1. The number of hydrogen-bond donors (Lipinski definition) is 2. The Morgan fingerprint density at radius 1 is 1.14 bits per heavy atom. The van der Waals surface area contributed by atoms with Gasteiger partial charge in [-0.1, -0.05) is 0 Å². The third-order valence-corrected chi connectivity index (χ3v) is 5.11. The number of sulfonamides is 1. The number of rotatable bonds is 4. The lowest BCUT2D eigenvalue weighted by Crippen LogP contribution is -2.16. The Balaban J connectivity index is 2.42. The van der Waals surface area contributed by atoms with Crippen molar-refractivity contribution in [1.29, 1.82) is 0 Å². The molecular weight excluding hydrogens is 354 g/mol. The Hall–Kier alpha value is -1.60. The normalized spacial score (nSPS) is 11.2. The zero-order valence-corrected chi connectivity index (χ0v) is 14.3. The van der Waals surface area contributed by atoms with Gasteiger partial charge in [0.25, 0.3) is 10.0 Å². The summed E-state index contributed by atoms with van der Waals surface area (Å²) in [5.74, 6) is 0.287. The molecule has 0 saturated carbocycles. The molecule has 1 heterocycles. The smallest absolute Gasteiger partial charge is 0.263 e. The first-order chi connectivity index (χ1) is 9.83. The van der Waals surface area contributed by atoms with E-state index >= 15 is 0 Å². The van der Waals surface area contributed by atoms with E-state index in [-0.39, 0.29) is 10.7 Å². The lowest BCUT2D eigenvalue weighted by molar-refractivity contribution is 0.600. The van der Waals surface area contributed by atoms with Crippen molar-refractivity contribution in [3.8, 4) is 0 Å². The maximum absolute atomic E-state index is 12.5. The molecule has 0 aliphatic carbocycles. The van der Waals surface area contributed by atoms with Crippen molar-refractivity contribution in [2.24, 2.45) is 0 Å². The molecule has 112 valence electrons. The molecule has 0 radical (unpaired) electrons. The lowest BCUT2D eigenvalue weighted by Gasteiger charge is -2.14. The molecule has 5 nitrogen and oxygen atoms in total. The lowest BCUT2D eigenvalue weighted by atomic mass is 10.1. The molecule has 0 atom stereocenters. The van der Waals surface area contributed by atoms with Crippen LogP contribution in [-0.4, -0.2) is 20.4 Å². The highest BCUT2D eigenvalue weighted by molar-refractivity contribution is 9.10. The molecule has 0 bridgehead atoms. The van der Waals surface area contributed by atoms with Crippen LogP contribution in [-0.2, 0) is 10.0 Å². The molecular formula is C14H16BrN3O2S. The monoisotopic (exact) mass is 369 g/mol. The summed E-state index contributed by atoms with van der Waals surface area (Å²) in [6, 6.07) is 6.94. The van der Waals surface area contributed by atoms with E-state index in [2.05, 4.69) is 31.0 Å². The highest BCUT2D eigenvalue weighted by Crippen LogP contribution is 2.26. The van der Waals surface area contributed by atoms with E-state index in [1.165, 1.54) is 0 Å². The summed E-state index contributed by atoms with van der Waals surface area (Å²) in [4.78, 5) is 4.32. The average Bonchev–Trinajstić information content (AvgIpc) is 2.39. The zero-order valence-electron chi connectivity index (χ0n) is 11.9. The number of nitrogens with one attached hydrogen (secondary N) is 2. The van der Waals surface area contributed by atoms with Crippen LogP contribution in [0.25, 0.3) is 0 Å². The number of hydrogen-bond acceptors (Lipinski definition) is 4. The van der Waals surface area contributed by atoms with Crippen LogP contribution in [0.4, 0.5) is 11.5 Å². The highest BCUT2D eigenvalue weighted by atomic mass is 79.9. The predicted octanol–water partition coefficient (Wildman–Crippen LogP) is 3.30. The van der Waals surface area contributed by atoms with Crippen molar-refractivity contribution >= 4 is 37.5 Å². The Kier molecular flexibility index (Phi) is 4.53. The minimum absolute atomic E-state index is 0.284. The Bertz CT molecular complexity index is 735. The maximum Gasteiger partial charge on any atom is 0.263 e. The molecule has 0 aliphatic rings. The highest BCUT2D eigenvalue weighted by Gasteiger charge is 2.20. The van der Waals surface area contributed by atoms with E-state index in [0.29, 0.717) is 11.1 Å². The van der Waals surface area contributed by atoms with Gasteiger partial charge in [0.2, 0.25) is 0 Å². The summed E-state index contributed by atoms with van der Waals surface area (Å²) in [5.41, 5.74) is 2.25. The van der Waals surface area contributed by atoms with E-state index in [1.54, 1.807) is 51.4 Å². The molecule has 1 aromatic carbocycles. The first kappa shape index (κ1) is 15.8. The first-order valence-electron chi connectivity index (χ1n) is 6.27. The van der Waals surface area contributed by atoms with E-state index in [1.807, 2.05) is 0 Å². The van der Waals surface area contributed by atoms with Gasteiger partial charge in [0.05, 0.1) is 4.90 Å². The molecule has 0 unspecified atom stereocenters. The minimum Gasteiger partial charge on any atom is -0.388 e. The molecule has 0 amide bonds. The topological polar surface area (TPSA) is 71.1 Å². The molecule has 0 fully saturated rings. The van der Waals surface area contributed by atoms with Crippen LogP contribution < -0.4 is 10.0 Å². The largest absolute Gasteiger partial charge is 0.388 e. The summed E-state index contributed by atoms with van der Waals surface area (Å²) < 4.78 is 28.4. The zero-order chi connectivity index (χ0) is 15.6. The Morgan fingerprint density at radius 2 is 1.76 bits per heavy atom. The quantitative estimate of drug-likeness (QED) is 0.866. The molecule has 1 aromatic heterocycles. The van der Waals surface area contributed by atoms with Gasteiger partial charge in [0.1, 0.15) is 5.82 Å². The molecule has 2 aromatic rings. The first-order valence-corrected chi connectivity index (χ1v) is 8.54. The second-order valence-electron chi connectivity index (χ2n) is 4.66.